The van der Waals surface area contributed by atoms with Crippen molar-refractivity contribution >= 4 is 21.5 Å². The van der Waals surface area contributed by atoms with Gasteiger partial charge in [-0.05, 0) is 58.7 Å². The first-order valence-electron chi connectivity index (χ1n) is 11.2. The molecule has 0 spiro atoms. The van der Waals surface area contributed by atoms with Gasteiger partial charge in [0, 0.05) is 23.0 Å². The molecule has 0 atom stereocenters. The molecule has 2 heterocycles. The van der Waals surface area contributed by atoms with E-state index in [0.717, 1.165) is 17.1 Å². The molecule has 0 aliphatic heterocycles. The van der Waals surface area contributed by atoms with E-state index in [1.165, 1.54) is 43.8 Å². The number of nitrogens with zero attached hydrogens (tertiary/aromatic N) is 3. The third-order valence-corrected chi connectivity index (χ3v) is 6.43. The molecule has 0 N–H and O–H groups in total. The summed E-state index contributed by atoms with van der Waals surface area (Å²) >= 11 is 0. The lowest BCUT2D eigenvalue weighted by atomic mass is 9.85. The minimum atomic E-state index is 0.971. The van der Waals surface area contributed by atoms with Gasteiger partial charge >= 0.3 is 0 Å². The number of aryl methyl sites for hydroxylation is 1. The molecule has 3 nitrogen and oxygen atoms in total. The maximum absolute atomic E-state index is 4.93. The summed E-state index contributed by atoms with van der Waals surface area (Å²) in [6.07, 6.45) is 3.65. The van der Waals surface area contributed by atoms with Gasteiger partial charge in [0.1, 0.15) is 0 Å². The highest BCUT2D eigenvalue weighted by molar-refractivity contribution is 6.21. The van der Waals surface area contributed by atoms with E-state index in [2.05, 4.69) is 97.7 Å². The van der Waals surface area contributed by atoms with Crippen LogP contribution in [-0.2, 0) is 0 Å². The monoisotopic (exact) mass is 425 g/mol. The molecular weight excluding hydrogens is 402 g/mol. The van der Waals surface area contributed by atoms with Crippen LogP contribution >= 0.6 is 0 Å². The van der Waals surface area contributed by atoms with Crippen LogP contribution in [0, 0.1) is 13.8 Å². The molecule has 0 unspecified atom stereocenters. The molecule has 0 fully saturated rings. The number of aromatic nitrogens is 3. The third-order valence-electron chi connectivity index (χ3n) is 6.43. The number of benzene rings is 4. The summed E-state index contributed by atoms with van der Waals surface area (Å²) in [5.74, 6) is 0. The van der Waals surface area contributed by atoms with Crippen molar-refractivity contribution < 1.29 is 0 Å². The van der Waals surface area contributed by atoms with Crippen molar-refractivity contribution in [2.75, 3.05) is 0 Å². The molecule has 0 radical (unpaired) electrons. The molecule has 0 bridgehead atoms. The van der Waals surface area contributed by atoms with Crippen LogP contribution < -0.4 is 0 Å². The van der Waals surface area contributed by atoms with Crippen LogP contribution in [0.5, 0.6) is 0 Å². The predicted octanol–water partition coefficient (Wildman–Crippen LogP) is 7.52. The molecule has 0 aliphatic rings. The summed E-state index contributed by atoms with van der Waals surface area (Å²) < 4.78 is 2.01. The van der Waals surface area contributed by atoms with E-state index in [4.69, 9.17) is 5.10 Å². The van der Waals surface area contributed by atoms with E-state index in [1.807, 2.05) is 23.0 Å². The van der Waals surface area contributed by atoms with Gasteiger partial charge in [0.25, 0.3) is 0 Å². The van der Waals surface area contributed by atoms with Crippen molar-refractivity contribution in [1.82, 2.24) is 14.8 Å². The lowest BCUT2D eigenvalue weighted by molar-refractivity contribution is 0.829. The fourth-order valence-electron chi connectivity index (χ4n) is 5.05. The summed E-state index contributed by atoms with van der Waals surface area (Å²) in [5.41, 5.74) is 8.04. The maximum atomic E-state index is 4.93. The van der Waals surface area contributed by atoms with Gasteiger partial charge in [0.05, 0.1) is 17.6 Å². The molecular formula is C30H23N3. The SMILES string of the molecule is Cc1nn(-c2cccnc2)c(C)c1-c1c2ccccc2c(-c2ccccc2)c2ccccc12. The molecule has 0 amide bonds. The first-order valence-corrected chi connectivity index (χ1v) is 11.2. The van der Waals surface area contributed by atoms with Gasteiger partial charge in [-0.25, -0.2) is 4.68 Å². The number of hydrogen-bond donors (Lipinski definition) is 0. The number of pyridine rings is 1. The van der Waals surface area contributed by atoms with Gasteiger partial charge in [-0.2, -0.15) is 5.10 Å². The van der Waals surface area contributed by atoms with Crippen LogP contribution in [0.1, 0.15) is 11.4 Å². The minimum Gasteiger partial charge on any atom is -0.262 e. The van der Waals surface area contributed by atoms with Crippen LogP contribution in [-0.4, -0.2) is 14.8 Å². The van der Waals surface area contributed by atoms with E-state index in [1.54, 1.807) is 6.20 Å². The Morgan fingerprint density at radius 2 is 1.15 bits per heavy atom. The fraction of sp³-hybridized carbons (Fsp3) is 0.0667. The number of rotatable bonds is 3. The highest BCUT2D eigenvalue weighted by atomic mass is 15.3. The molecule has 0 aliphatic carbocycles. The van der Waals surface area contributed by atoms with Gasteiger partial charge < -0.3 is 0 Å². The maximum Gasteiger partial charge on any atom is 0.0832 e. The molecule has 2 aromatic heterocycles. The Morgan fingerprint density at radius 3 is 1.73 bits per heavy atom. The average molecular weight is 426 g/mol. The van der Waals surface area contributed by atoms with Gasteiger partial charge in [0.15, 0.2) is 0 Å². The van der Waals surface area contributed by atoms with E-state index >= 15 is 0 Å². The second-order valence-electron chi connectivity index (χ2n) is 8.38. The molecule has 4 aromatic carbocycles. The molecule has 0 saturated heterocycles. The quantitative estimate of drug-likeness (QED) is 0.274. The summed E-state index contributed by atoms with van der Waals surface area (Å²) in [6.45, 7) is 4.25. The summed E-state index contributed by atoms with van der Waals surface area (Å²) in [6, 6.07) is 32.2. The van der Waals surface area contributed by atoms with Crippen molar-refractivity contribution in [3.8, 4) is 27.9 Å². The Hall–Kier alpha value is -4.24. The lowest BCUT2D eigenvalue weighted by Gasteiger charge is -2.18. The predicted molar refractivity (Wildman–Crippen MR) is 137 cm³/mol. The van der Waals surface area contributed by atoms with Crippen molar-refractivity contribution in [1.29, 1.82) is 0 Å². The Morgan fingerprint density at radius 1 is 0.576 bits per heavy atom. The van der Waals surface area contributed by atoms with E-state index in [0.29, 0.717) is 0 Å². The topological polar surface area (TPSA) is 30.7 Å². The summed E-state index contributed by atoms with van der Waals surface area (Å²) in [4.78, 5) is 4.30. The van der Waals surface area contributed by atoms with Crippen molar-refractivity contribution in [2.45, 2.75) is 13.8 Å². The second-order valence-corrected chi connectivity index (χ2v) is 8.38. The van der Waals surface area contributed by atoms with Gasteiger partial charge in [-0.1, -0.05) is 78.9 Å². The number of fused-ring (bicyclic) bond motifs is 2. The Labute approximate surface area is 193 Å². The zero-order valence-electron chi connectivity index (χ0n) is 18.7. The van der Waals surface area contributed by atoms with Crippen molar-refractivity contribution in [2.24, 2.45) is 0 Å². The minimum absolute atomic E-state index is 0.971. The van der Waals surface area contributed by atoms with Crippen LogP contribution in [0.3, 0.4) is 0 Å². The molecule has 0 saturated carbocycles. The van der Waals surface area contributed by atoms with Crippen LogP contribution in [0.25, 0.3) is 49.5 Å². The zero-order valence-corrected chi connectivity index (χ0v) is 18.7. The number of hydrogen-bond acceptors (Lipinski definition) is 2. The lowest BCUT2D eigenvalue weighted by Crippen LogP contribution is -1.99. The van der Waals surface area contributed by atoms with E-state index < -0.39 is 0 Å². The summed E-state index contributed by atoms with van der Waals surface area (Å²) in [5, 5.41) is 9.92. The average Bonchev–Trinajstić information content (AvgIpc) is 3.17. The van der Waals surface area contributed by atoms with E-state index in [-0.39, 0.29) is 0 Å². The molecule has 3 heteroatoms. The first kappa shape index (κ1) is 19.4. The Balaban J connectivity index is 1.76. The normalized spacial score (nSPS) is 11.3. The highest BCUT2D eigenvalue weighted by Crippen LogP contribution is 2.45. The van der Waals surface area contributed by atoms with Crippen molar-refractivity contribution in [3.63, 3.8) is 0 Å². The zero-order chi connectivity index (χ0) is 22.4. The van der Waals surface area contributed by atoms with Gasteiger partial charge in [-0.3, -0.25) is 4.98 Å². The van der Waals surface area contributed by atoms with Crippen LogP contribution in [0.2, 0.25) is 0 Å². The fourth-order valence-corrected chi connectivity index (χ4v) is 5.05. The van der Waals surface area contributed by atoms with Gasteiger partial charge in [0.2, 0.25) is 0 Å². The first-order chi connectivity index (χ1) is 16.2. The standard InChI is InChI=1S/C30H23N3/c1-20-28(21(2)33(32-20)23-13-10-18-31-19-23)30-26-16-8-6-14-24(26)29(22-11-4-3-5-12-22)25-15-7-9-17-27(25)30/h3-19H,1-2H3. The second kappa shape index (κ2) is 7.72. The van der Waals surface area contributed by atoms with Crippen LogP contribution in [0.15, 0.2) is 103 Å². The van der Waals surface area contributed by atoms with E-state index in [9.17, 15) is 0 Å². The van der Waals surface area contributed by atoms with Crippen LogP contribution in [0.4, 0.5) is 0 Å². The Bertz CT molecular complexity index is 1560. The smallest absolute Gasteiger partial charge is 0.0832 e. The third kappa shape index (κ3) is 3.05. The molecule has 6 rings (SSSR count). The Kier molecular flexibility index (Phi) is 4.55. The largest absolute Gasteiger partial charge is 0.262 e. The molecule has 158 valence electrons. The van der Waals surface area contributed by atoms with Crippen molar-refractivity contribution in [3.05, 3.63) is 115 Å². The summed E-state index contributed by atoms with van der Waals surface area (Å²) in [7, 11) is 0. The van der Waals surface area contributed by atoms with Gasteiger partial charge in [-0.15, -0.1) is 0 Å². The highest BCUT2D eigenvalue weighted by Gasteiger charge is 2.21. The molecule has 33 heavy (non-hydrogen) atoms. The molecule has 6 aromatic rings.